The molecule has 0 spiro atoms. The highest BCUT2D eigenvalue weighted by molar-refractivity contribution is 7.93. The lowest BCUT2D eigenvalue weighted by Crippen LogP contribution is -2.64. The quantitative estimate of drug-likeness (QED) is 0.0811. The molecule has 0 radical (unpaired) electrons. The van der Waals surface area contributed by atoms with Crippen LogP contribution >= 0.6 is 0 Å². The van der Waals surface area contributed by atoms with E-state index in [9.17, 15) is 19.2 Å². The van der Waals surface area contributed by atoms with Crippen LogP contribution in [0.3, 0.4) is 0 Å². The number of aryl methyl sites for hydroxylation is 2. The summed E-state index contributed by atoms with van der Waals surface area (Å²) in [6, 6.07) is 46.4. The molecule has 13 nitrogen and oxygen atoms in total. The molecule has 3 N–H and O–H groups in total. The van der Waals surface area contributed by atoms with E-state index in [2.05, 4.69) is 111 Å². The molecular weight excluding hydrogens is 1140 g/mol. The van der Waals surface area contributed by atoms with E-state index in [1.807, 2.05) is 97.1 Å². The van der Waals surface area contributed by atoms with Crippen LogP contribution in [0.4, 0.5) is 10.1 Å². The minimum Gasteiger partial charge on any atom is -0.461 e. The molecule has 1 amide bonds. The van der Waals surface area contributed by atoms with Crippen molar-refractivity contribution in [3.8, 4) is 6.07 Å². The van der Waals surface area contributed by atoms with Crippen molar-refractivity contribution in [2.45, 2.75) is 121 Å². The Morgan fingerprint density at radius 1 is 0.647 bits per heavy atom. The molecule has 2 aromatic heterocycles. The number of halogens is 1. The monoisotopic (exact) mass is 1220 g/mol. The number of benzene rings is 5. The molecule has 11 rings (SSSR count). The number of ether oxygens (including phenoxy) is 1. The Hall–Kier alpha value is -7.25. The second kappa shape index (κ2) is 25.0. The van der Waals surface area contributed by atoms with Gasteiger partial charge in [0.25, 0.3) is 22.4 Å². The van der Waals surface area contributed by atoms with Gasteiger partial charge in [-0.1, -0.05) is 202 Å². The van der Waals surface area contributed by atoms with Gasteiger partial charge in [0.15, 0.2) is 0 Å². The Balaban J connectivity index is 0.000000219. The minimum atomic E-state index is -3.32. The molecule has 85 heavy (non-hydrogen) atoms. The minimum absolute atomic E-state index is 0. The fourth-order valence-corrected chi connectivity index (χ4v) is 29.9. The number of nitrogens with zero attached hydrogens (tertiary/aromatic N) is 5. The van der Waals surface area contributed by atoms with Crippen molar-refractivity contribution in [1.82, 2.24) is 18.6 Å². The molecule has 4 heterocycles. The maximum absolute atomic E-state index is 15.8. The number of amides is 1. The van der Waals surface area contributed by atoms with Crippen molar-refractivity contribution >= 4 is 86.8 Å². The summed E-state index contributed by atoms with van der Waals surface area (Å²) in [5.74, 6) is -0.803. The fourth-order valence-electron chi connectivity index (χ4n) is 11.8. The van der Waals surface area contributed by atoms with Crippen LogP contribution in [-0.2, 0) is 38.7 Å². The number of carbonyl (C=O) groups is 2. The van der Waals surface area contributed by atoms with Crippen LogP contribution in [0.25, 0.3) is 12.2 Å². The van der Waals surface area contributed by atoms with Gasteiger partial charge in [0.2, 0.25) is 0 Å². The SMILES string of the molecule is C.C.CCOC(=O)c1c2c(cn1C)S(=O)(=N[Si](c1ccccc1)(c1ccccc1)C(C)(C)C)N[C@@H](C1CC1)C=C2.Cn1cc2c(c1C(=O)Nc1ccc(F)c(C#N)c1)C=C[C@H](C1CC1)NS2(=O)=N[Si](c1ccccc1)(c1ccccc1)C(C)(C)C. The van der Waals surface area contributed by atoms with Crippen molar-refractivity contribution in [3.05, 3.63) is 198 Å². The zero-order valence-electron chi connectivity index (χ0n) is 48.6. The third-order valence-electron chi connectivity index (χ3n) is 16.3. The summed E-state index contributed by atoms with van der Waals surface area (Å²) in [5.41, 5.74) is 1.99. The van der Waals surface area contributed by atoms with Gasteiger partial charge in [-0.15, -0.1) is 0 Å². The molecule has 2 aliphatic heterocycles. The predicted molar refractivity (Wildman–Crippen MR) is 350 cm³/mol. The van der Waals surface area contributed by atoms with E-state index in [-0.39, 0.29) is 54.9 Å². The normalized spacial score (nSPS) is 20.0. The first-order valence-electron chi connectivity index (χ1n) is 28.3. The molecule has 2 saturated carbocycles. The van der Waals surface area contributed by atoms with Crippen molar-refractivity contribution in [1.29, 1.82) is 5.26 Å². The Morgan fingerprint density at radius 3 is 1.38 bits per heavy atom. The number of esters is 1. The highest BCUT2D eigenvalue weighted by atomic mass is 32.2. The van der Waals surface area contributed by atoms with Crippen LogP contribution in [0.2, 0.25) is 10.1 Å². The summed E-state index contributed by atoms with van der Waals surface area (Å²) < 4.78 is 72.2. The number of hydrogen-bond acceptors (Lipinski definition) is 8. The lowest BCUT2D eigenvalue weighted by Gasteiger charge is -2.40. The zero-order valence-corrected chi connectivity index (χ0v) is 52.2. The van der Waals surface area contributed by atoms with Gasteiger partial charge >= 0.3 is 5.97 Å². The molecule has 446 valence electrons. The van der Waals surface area contributed by atoms with E-state index in [1.165, 1.54) is 12.1 Å². The standard InChI is InChI=1S/C35H36FN5O2SSi.C30H37N3O3SSi.2CH4/c1-35(2,3)45(27-11-7-5-8-12-27,28-13-9-6-10-14-28)40-44(43)32-23-41(4)33(29(32)18-20-31(39-44)24-15-16-24)34(42)38-26-17-19-30(36)25(21-26)22-37;1-6-36-29(34)28-25-19-20-26(22-17-18-22)31-37(35,27(25)21-33(28)5)32-38(30(2,3)4,23-13-9-7-10-14-23)24-15-11-8-12-16-24;;/h5-14,17-21,23-24,31H,15-16H2,1-4H3,(H,38,42)(H,39,40,43);7-16,19-22,26H,6,17-18H2,1-5H3,(H,31,32,35);2*1H4/t31-,44?;26-,37?;;/m11../s1. The first-order valence-corrected chi connectivity index (χ1v) is 35.3. The molecule has 18 heteroatoms. The van der Waals surface area contributed by atoms with E-state index in [1.54, 1.807) is 42.5 Å². The zero-order chi connectivity index (χ0) is 59.1. The predicted octanol–water partition coefficient (Wildman–Crippen LogP) is 12.2. The Kier molecular flexibility index (Phi) is 18.7. The maximum atomic E-state index is 15.8. The highest BCUT2D eigenvalue weighted by Crippen LogP contribution is 2.44. The molecule has 2 aliphatic carbocycles. The Morgan fingerprint density at radius 2 is 1.02 bits per heavy atom. The Bertz CT molecular complexity index is 3870. The molecular formula is C67H81FN8O5S2Si2. The third-order valence-corrected chi connectivity index (χ3v) is 32.5. The lowest BCUT2D eigenvalue weighted by atomic mass is 10.1. The van der Waals surface area contributed by atoms with Gasteiger partial charge in [0, 0.05) is 55.4 Å². The van der Waals surface area contributed by atoms with Crippen molar-refractivity contribution in [2.24, 2.45) is 34.0 Å². The first kappa shape index (κ1) is 63.8. The van der Waals surface area contributed by atoms with Crippen molar-refractivity contribution in [2.75, 3.05) is 11.9 Å². The van der Waals surface area contributed by atoms with E-state index < -0.39 is 54.0 Å². The number of anilines is 1. The van der Waals surface area contributed by atoms with E-state index in [4.69, 9.17) is 12.8 Å². The maximum Gasteiger partial charge on any atom is 0.355 e. The average Bonchev–Trinajstić information content (AvgIpc) is 1.81. The molecule has 4 atom stereocenters. The van der Waals surface area contributed by atoms with E-state index >= 15 is 8.42 Å². The summed E-state index contributed by atoms with van der Waals surface area (Å²) in [5, 5.41) is 15.7. The number of fused-ring (bicyclic) bond motifs is 2. The fraction of sp³-hybridized carbons (Fsp3) is 0.328. The van der Waals surface area contributed by atoms with Crippen molar-refractivity contribution in [3.63, 3.8) is 0 Å². The van der Waals surface area contributed by atoms with Gasteiger partial charge < -0.3 is 19.2 Å². The van der Waals surface area contributed by atoms with Crippen LogP contribution in [0.1, 0.15) is 127 Å². The number of nitriles is 1. The Labute approximate surface area is 505 Å². The summed E-state index contributed by atoms with van der Waals surface area (Å²) >= 11 is 0. The molecule has 5 aromatic carbocycles. The van der Waals surface area contributed by atoms with Crippen molar-refractivity contribution < 1.29 is 27.1 Å². The van der Waals surface area contributed by atoms with Crippen LogP contribution in [0.15, 0.2) is 182 Å². The first-order chi connectivity index (χ1) is 39.6. The number of aromatic nitrogens is 2. The number of hydrogen-bond donors (Lipinski definition) is 3. The third kappa shape index (κ3) is 12.3. The molecule has 2 unspecified atom stereocenters. The van der Waals surface area contributed by atoms with Gasteiger partial charge in [-0.2, -0.15) is 5.26 Å². The molecule has 0 saturated heterocycles. The van der Waals surface area contributed by atoms with Gasteiger partial charge in [-0.05, 0) is 93.5 Å². The van der Waals surface area contributed by atoms with Crippen LogP contribution in [0, 0.1) is 29.0 Å². The molecule has 7 aromatic rings. The summed E-state index contributed by atoms with van der Waals surface area (Å²) in [6.45, 7) is 15.2. The summed E-state index contributed by atoms with van der Waals surface area (Å²) in [4.78, 5) is 27.8. The van der Waals surface area contributed by atoms with Gasteiger partial charge in [-0.3, -0.25) is 4.79 Å². The second-order valence-corrected chi connectivity index (χ2v) is 37.1. The topological polar surface area (TPSA) is 172 Å². The number of carbonyl (C=O) groups excluding carboxylic acids is 2. The largest absolute Gasteiger partial charge is 0.461 e. The summed E-state index contributed by atoms with van der Waals surface area (Å²) in [7, 11) is -9.19. The lowest BCUT2D eigenvalue weighted by molar-refractivity contribution is 0.0514. The number of rotatable bonds is 12. The van der Waals surface area contributed by atoms with Gasteiger partial charge in [0.1, 0.15) is 43.1 Å². The second-order valence-electron chi connectivity index (χ2n) is 24.0. The average molecular weight is 1220 g/mol. The van der Waals surface area contributed by atoms with E-state index in [0.29, 0.717) is 44.1 Å². The van der Waals surface area contributed by atoms with E-state index in [0.717, 1.165) is 52.5 Å². The van der Waals surface area contributed by atoms with Crippen LogP contribution < -0.4 is 35.5 Å². The van der Waals surface area contributed by atoms with Crippen LogP contribution in [0.5, 0.6) is 0 Å². The van der Waals surface area contributed by atoms with Gasteiger partial charge in [0.05, 0.1) is 22.0 Å². The molecule has 2 fully saturated rings. The number of nitrogens with one attached hydrogen (secondary N) is 3. The smallest absolute Gasteiger partial charge is 0.355 e. The van der Waals surface area contributed by atoms with Crippen LogP contribution in [-0.4, -0.2) is 64.6 Å². The molecule has 4 aliphatic rings. The molecule has 0 bridgehead atoms. The van der Waals surface area contributed by atoms with Gasteiger partial charge in [-0.25, -0.2) is 35.1 Å². The highest BCUT2D eigenvalue weighted by Gasteiger charge is 2.53. The summed E-state index contributed by atoms with van der Waals surface area (Å²) in [6.07, 6.45) is 15.7.